The quantitative estimate of drug-likeness (QED) is 0.829. The molecule has 0 saturated heterocycles. The van der Waals surface area contributed by atoms with E-state index in [1.165, 1.54) is 5.56 Å². The van der Waals surface area contributed by atoms with Crippen molar-refractivity contribution < 1.29 is 9.84 Å². The van der Waals surface area contributed by atoms with Crippen LogP contribution >= 0.6 is 0 Å². The number of allylic oxidation sites excluding steroid dienone is 1. The van der Waals surface area contributed by atoms with E-state index in [0.717, 1.165) is 24.2 Å². The number of hydrogen-bond donors (Lipinski definition) is 1. The molecule has 0 aromatic heterocycles. The number of ether oxygens (including phenoxy) is 1. The second-order valence-electron chi connectivity index (χ2n) is 5.51. The molecular weight excluding hydrogens is 224 g/mol. The van der Waals surface area contributed by atoms with Crippen molar-refractivity contribution in [3.63, 3.8) is 0 Å². The highest BCUT2D eigenvalue weighted by Crippen LogP contribution is 2.24. The summed E-state index contributed by atoms with van der Waals surface area (Å²) in [6, 6.07) is 6.16. The lowest BCUT2D eigenvalue weighted by atomic mass is 9.89. The van der Waals surface area contributed by atoms with Crippen molar-refractivity contribution in [3.8, 4) is 5.75 Å². The van der Waals surface area contributed by atoms with Crippen LogP contribution in [0.5, 0.6) is 5.75 Å². The van der Waals surface area contributed by atoms with Gasteiger partial charge >= 0.3 is 0 Å². The lowest BCUT2D eigenvalue weighted by molar-refractivity contribution is 0.151. The fourth-order valence-electron chi connectivity index (χ4n) is 1.75. The van der Waals surface area contributed by atoms with Crippen molar-refractivity contribution in [1.29, 1.82) is 0 Å². The van der Waals surface area contributed by atoms with Crippen LogP contribution in [0.3, 0.4) is 0 Å². The van der Waals surface area contributed by atoms with Gasteiger partial charge in [0.05, 0.1) is 7.11 Å². The highest BCUT2D eigenvalue weighted by molar-refractivity contribution is 5.58. The van der Waals surface area contributed by atoms with Gasteiger partial charge in [-0.05, 0) is 37.3 Å². The molecule has 0 fully saturated rings. The number of aliphatic hydroxyl groups excluding tert-OH is 1. The van der Waals surface area contributed by atoms with E-state index >= 15 is 0 Å². The molecule has 0 spiro atoms. The molecule has 1 aromatic carbocycles. The summed E-state index contributed by atoms with van der Waals surface area (Å²) in [5.74, 6) is 0.901. The number of methoxy groups -OCH3 is 1. The molecule has 2 nitrogen and oxygen atoms in total. The minimum atomic E-state index is 0.00102. The molecule has 0 aliphatic carbocycles. The van der Waals surface area contributed by atoms with Gasteiger partial charge in [0.2, 0.25) is 0 Å². The van der Waals surface area contributed by atoms with Crippen LogP contribution in [0.15, 0.2) is 24.3 Å². The molecule has 0 heterocycles. The first kappa shape index (κ1) is 14.8. The predicted octanol–water partition coefficient (Wildman–Crippen LogP) is 3.82. The van der Waals surface area contributed by atoms with Crippen LogP contribution in [0.2, 0.25) is 0 Å². The van der Waals surface area contributed by atoms with E-state index in [4.69, 9.17) is 4.74 Å². The van der Waals surface area contributed by atoms with E-state index in [1.807, 2.05) is 12.1 Å². The summed E-state index contributed by atoms with van der Waals surface area (Å²) in [6.45, 7) is 6.46. The summed E-state index contributed by atoms with van der Waals surface area (Å²) < 4.78 is 5.33. The van der Waals surface area contributed by atoms with Crippen LogP contribution in [0, 0.1) is 12.3 Å². The van der Waals surface area contributed by atoms with Crippen LogP contribution in [0.4, 0.5) is 0 Å². The van der Waals surface area contributed by atoms with Gasteiger partial charge < -0.3 is 9.84 Å². The second kappa shape index (κ2) is 6.60. The first-order chi connectivity index (χ1) is 8.48. The van der Waals surface area contributed by atoms with E-state index < -0.39 is 0 Å². The average Bonchev–Trinajstić information content (AvgIpc) is 2.35. The van der Waals surface area contributed by atoms with Gasteiger partial charge in [-0.15, -0.1) is 0 Å². The fraction of sp³-hybridized carbons (Fsp3) is 0.500. The Morgan fingerprint density at radius 1 is 1.33 bits per heavy atom. The highest BCUT2D eigenvalue weighted by Gasteiger charge is 2.14. The Hall–Kier alpha value is -1.28. The smallest absolute Gasteiger partial charge is 0.126 e. The van der Waals surface area contributed by atoms with Crippen molar-refractivity contribution in [3.05, 3.63) is 35.4 Å². The maximum Gasteiger partial charge on any atom is 0.126 e. The second-order valence-corrected chi connectivity index (χ2v) is 5.51. The summed E-state index contributed by atoms with van der Waals surface area (Å²) in [6.07, 6.45) is 6.19. The van der Waals surface area contributed by atoms with Gasteiger partial charge in [-0.25, -0.2) is 0 Å². The molecule has 0 radical (unpaired) electrons. The van der Waals surface area contributed by atoms with Gasteiger partial charge in [-0.1, -0.05) is 37.6 Å². The van der Waals surface area contributed by atoms with Crippen molar-refractivity contribution in [2.24, 2.45) is 5.41 Å². The molecule has 100 valence electrons. The SMILES string of the molecule is COc1ccc(C)cc1/C=C/CCC(C)(C)CO. The summed E-state index contributed by atoms with van der Waals surface area (Å²) in [4.78, 5) is 0. The molecule has 0 saturated carbocycles. The molecule has 0 bridgehead atoms. The average molecular weight is 248 g/mol. The normalized spacial score (nSPS) is 12.1. The minimum Gasteiger partial charge on any atom is -0.496 e. The Morgan fingerprint density at radius 3 is 2.67 bits per heavy atom. The van der Waals surface area contributed by atoms with E-state index in [1.54, 1.807) is 7.11 Å². The first-order valence-electron chi connectivity index (χ1n) is 6.40. The topological polar surface area (TPSA) is 29.5 Å². The lowest BCUT2D eigenvalue weighted by Crippen LogP contribution is -2.15. The summed E-state index contributed by atoms with van der Waals surface area (Å²) in [5, 5.41) is 9.18. The third-order valence-electron chi connectivity index (χ3n) is 3.10. The van der Waals surface area contributed by atoms with E-state index in [9.17, 15) is 5.11 Å². The van der Waals surface area contributed by atoms with Crippen molar-refractivity contribution in [2.75, 3.05) is 13.7 Å². The first-order valence-corrected chi connectivity index (χ1v) is 6.40. The Labute approximate surface area is 110 Å². The van der Waals surface area contributed by atoms with Crippen LogP contribution in [0.1, 0.15) is 37.8 Å². The maximum atomic E-state index is 9.18. The van der Waals surface area contributed by atoms with Crippen LogP contribution in [-0.4, -0.2) is 18.8 Å². The number of aliphatic hydroxyl groups is 1. The molecule has 0 aliphatic rings. The van der Waals surface area contributed by atoms with Crippen molar-refractivity contribution in [2.45, 2.75) is 33.6 Å². The van der Waals surface area contributed by atoms with Crippen molar-refractivity contribution >= 4 is 6.08 Å². The third kappa shape index (κ3) is 4.53. The standard InChI is InChI=1S/C16H24O2/c1-13-8-9-15(18-4)14(11-13)7-5-6-10-16(2,3)12-17/h5,7-9,11,17H,6,10,12H2,1-4H3/b7-5+. The molecule has 1 N–H and O–H groups in total. The van der Waals surface area contributed by atoms with E-state index in [2.05, 4.69) is 39.0 Å². The van der Waals surface area contributed by atoms with Crippen LogP contribution < -0.4 is 4.74 Å². The Morgan fingerprint density at radius 2 is 2.06 bits per heavy atom. The highest BCUT2D eigenvalue weighted by atomic mass is 16.5. The molecule has 2 heteroatoms. The Balaban J connectivity index is 2.64. The molecule has 1 aromatic rings. The van der Waals surface area contributed by atoms with E-state index in [0.29, 0.717) is 0 Å². The molecule has 0 aliphatic heterocycles. The van der Waals surface area contributed by atoms with Gasteiger partial charge in [0.15, 0.2) is 0 Å². The van der Waals surface area contributed by atoms with Gasteiger partial charge in [-0.2, -0.15) is 0 Å². The molecular formula is C16H24O2. The summed E-state index contributed by atoms with van der Waals surface area (Å²) >= 11 is 0. The van der Waals surface area contributed by atoms with Gasteiger partial charge in [0.25, 0.3) is 0 Å². The van der Waals surface area contributed by atoms with Gasteiger partial charge in [0.1, 0.15) is 5.75 Å². The zero-order valence-electron chi connectivity index (χ0n) is 11.9. The van der Waals surface area contributed by atoms with Crippen LogP contribution in [-0.2, 0) is 0 Å². The monoisotopic (exact) mass is 248 g/mol. The summed E-state index contributed by atoms with van der Waals surface area (Å²) in [7, 11) is 1.69. The maximum absolute atomic E-state index is 9.18. The largest absolute Gasteiger partial charge is 0.496 e. The molecule has 0 amide bonds. The molecule has 0 unspecified atom stereocenters. The zero-order chi connectivity index (χ0) is 13.6. The zero-order valence-corrected chi connectivity index (χ0v) is 11.9. The summed E-state index contributed by atoms with van der Waals surface area (Å²) in [5.41, 5.74) is 2.34. The lowest BCUT2D eigenvalue weighted by Gasteiger charge is -2.20. The number of aryl methyl sites for hydroxylation is 1. The molecule has 1 rings (SSSR count). The molecule has 0 atom stereocenters. The van der Waals surface area contributed by atoms with Gasteiger partial charge in [-0.3, -0.25) is 0 Å². The van der Waals surface area contributed by atoms with Gasteiger partial charge in [0, 0.05) is 12.2 Å². The predicted molar refractivity (Wildman–Crippen MR) is 76.9 cm³/mol. The number of hydrogen-bond acceptors (Lipinski definition) is 2. The minimum absolute atomic E-state index is 0.00102. The van der Waals surface area contributed by atoms with Crippen LogP contribution in [0.25, 0.3) is 6.08 Å². The third-order valence-corrected chi connectivity index (χ3v) is 3.10. The Kier molecular flexibility index (Phi) is 5.42. The van der Waals surface area contributed by atoms with Crippen molar-refractivity contribution in [1.82, 2.24) is 0 Å². The number of benzene rings is 1. The number of rotatable bonds is 6. The Bertz CT molecular complexity index is 406. The fourth-order valence-corrected chi connectivity index (χ4v) is 1.75. The van der Waals surface area contributed by atoms with E-state index in [-0.39, 0.29) is 12.0 Å². The molecule has 18 heavy (non-hydrogen) atoms.